The highest BCUT2D eigenvalue weighted by molar-refractivity contribution is 14.1. The Hall–Kier alpha value is -0.370. The second-order valence-corrected chi connectivity index (χ2v) is 5.35. The Morgan fingerprint density at radius 3 is 1.30 bits per heavy atom. The summed E-state index contributed by atoms with van der Waals surface area (Å²) >= 11 is 1.01. The highest BCUT2D eigenvalue weighted by Gasteiger charge is 2.89. The summed E-state index contributed by atoms with van der Waals surface area (Å²) in [6, 6.07) is 0. The molecular weight excluding hydrogens is 475 g/mol. The molecule has 0 saturated carbocycles. The molecule has 0 saturated heterocycles. The van der Waals surface area contributed by atoms with Gasteiger partial charge in [0.15, 0.2) is 0 Å². The molecular formula is C10H7F12I. The predicted molar refractivity (Wildman–Crippen MR) is 63.4 cm³/mol. The quantitative estimate of drug-likeness (QED) is 0.178. The first-order valence-corrected chi connectivity index (χ1v) is 6.86. The molecule has 0 spiro atoms. The van der Waals surface area contributed by atoms with Crippen LogP contribution in [0.3, 0.4) is 0 Å². The summed E-state index contributed by atoms with van der Waals surface area (Å²) in [5, 5.41) is 0. The van der Waals surface area contributed by atoms with Gasteiger partial charge in [-0.25, -0.2) is 0 Å². The molecule has 23 heavy (non-hydrogen) atoms. The molecule has 0 aromatic heterocycles. The fourth-order valence-corrected chi connectivity index (χ4v) is 1.91. The predicted octanol–water partition coefficient (Wildman–Crippen LogP) is 5.81. The van der Waals surface area contributed by atoms with Gasteiger partial charge in [-0.05, 0) is 6.08 Å². The topological polar surface area (TPSA) is 0 Å². The molecule has 0 aromatic carbocycles. The minimum absolute atomic E-state index is 0.929. The molecule has 0 atom stereocenters. The molecule has 138 valence electrons. The lowest BCUT2D eigenvalue weighted by Crippen LogP contribution is -2.70. The van der Waals surface area contributed by atoms with E-state index >= 15 is 0 Å². The van der Waals surface area contributed by atoms with Gasteiger partial charge in [0.25, 0.3) is 0 Å². The van der Waals surface area contributed by atoms with E-state index in [1.807, 2.05) is 6.58 Å². The SMILES string of the molecule is C=CC(F)(F)C(F)(F)C(F)(F)C(F)(F)C(F)(F)C(F)(F)CCI. The third kappa shape index (κ3) is 3.13. The van der Waals surface area contributed by atoms with Gasteiger partial charge < -0.3 is 0 Å². The first kappa shape index (κ1) is 22.6. The van der Waals surface area contributed by atoms with Crippen molar-refractivity contribution in [3.05, 3.63) is 12.7 Å². The molecule has 0 rings (SSSR count). The summed E-state index contributed by atoms with van der Waals surface area (Å²) in [5.41, 5.74) is 0. The Bertz CT molecular complexity index is 441. The number of allylic oxidation sites excluding steroid dienone is 1. The maximum atomic E-state index is 13.1. The molecule has 0 N–H and O–H groups in total. The van der Waals surface area contributed by atoms with E-state index < -0.39 is 52.5 Å². The van der Waals surface area contributed by atoms with Crippen LogP contribution in [-0.2, 0) is 0 Å². The molecule has 0 aliphatic rings. The Kier molecular flexibility index (Phi) is 6.07. The molecule has 0 fully saturated rings. The second kappa shape index (κ2) is 6.17. The smallest absolute Gasteiger partial charge is 0.200 e. The van der Waals surface area contributed by atoms with E-state index in [1.165, 1.54) is 0 Å². The zero-order chi connectivity index (χ0) is 19.1. The van der Waals surface area contributed by atoms with Crippen molar-refractivity contribution in [2.24, 2.45) is 0 Å². The zero-order valence-electron chi connectivity index (χ0n) is 10.6. The van der Waals surface area contributed by atoms with Crippen LogP contribution in [0.15, 0.2) is 12.7 Å². The van der Waals surface area contributed by atoms with Crippen molar-refractivity contribution in [1.82, 2.24) is 0 Å². The average molecular weight is 482 g/mol. The van der Waals surface area contributed by atoms with Gasteiger partial charge in [-0.3, -0.25) is 0 Å². The molecule has 0 aliphatic carbocycles. The van der Waals surface area contributed by atoms with Crippen LogP contribution < -0.4 is 0 Å². The van der Waals surface area contributed by atoms with E-state index in [4.69, 9.17) is 0 Å². The van der Waals surface area contributed by atoms with Crippen molar-refractivity contribution in [2.75, 3.05) is 4.43 Å². The van der Waals surface area contributed by atoms with Crippen LogP contribution in [0, 0.1) is 0 Å². The van der Waals surface area contributed by atoms with Crippen LogP contribution in [0.2, 0.25) is 0 Å². The van der Waals surface area contributed by atoms with E-state index in [0.29, 0.717) is 0 Å². The van der Waals surface area contributed by atoms with Gasteiger partial charge in [0.1, 0.15) is 0 Å². The highest BCUT2D eigenvalue weighted by atomic mass is 127. The third-order valence-corrected chi connectivity index (χ3v) is 3.27. The lowest BCUT2D eigenvalue weighted by molar-refractivity contribution is -0.420. The summed E-state index contributed by atoms with van der Waals surface area (Å²) in [7, 11) is 0. The lowest BCUT2D eigenvalue weighted by atomic mass is 9.90. The summed E-state index contributed by atoms with van der Waals surface area (Å²) in [5.74, 6) is -41.0. The number of rotatable bonds is 8. The Morgan fingerprint density at radius 1 is 0.652 bits per heavy atom. The minimum Gasteiger partial charge on any atom is -0.200 e. The van der Waals surface area contributed by atoms with Crippen molar-refractivity contribution >= 4 is 22.6 Å². The monoisotopic (exact) mass is 482 g/mol. The lowest BCUT2D eigenvalue weighted by Gasteiger charge is -2.40. The number of alkyl halides is 13. The third-order valence-electron chi connectivity index (χ3n) is 2.73. The summed E-state index contributed by atoms with van der Waals surface area (Å²) < 4.78 is 155. The number of halogens is 13. The summed E-state index contributed by atoms with van der Waals surface area (Å²) in [4.78, 5) is 0. The van der Waals surface area contributed by atoms with Gasteiger partial charge in [0, 0.05) is 10.8 Å². The van der Waals surface area contributed by atoms with Gasteiger partial charge in [-0.2, -0.15) is 52.7 Å². The van der Waals surface area contributed by atoms with Crippen LogP contribution >= 0.6 is 22.6 Å². The zero-order valence-corrected chi connectivity index (χ0v) is 12.8. The molecule has 0 nitrogen and oxygen atoms in total. The van der Waals surface area contributed by atoms with Gasteiger partial charge in [0.2, 0.25) is 0 Å². The summed E-state index contributed by atoms with van der Waals surface area (Å²) in [6.07, 6.45) is -3.26. The first-order chi connectivity index (χ1) is 9.87. The summed E-state index contributed by atoms with van der Waals surface area (Å²) in [6.45, 7) is 1.99. The molecule has 0 aromatic rings. The molecule has 0 heterocycles. The fraction of sp³-hybridized carbons (Fsp3) is 0.800. The van der Waals surface area contributed by atoms with Crippen LogP contribution in [-0.4, -0.2) is 40.0 Å². The van der Waals surface area contributed by atoms with Crippen molar-refractivity contribution < 1.29 is 52.7 Å². The van der Waals surface area contributed by atoms with Crippen molar-refractivity contribution in [3.63, 3.8) is 0 Å². The molecule has 0 bridgehead atoms. The van der Waals surface area contributed by atoms with Crippen molar-refractivity contribution in [1.29, 1.82) is 0 Å². The van der Waals surface area contributed by atoms with Gasteiger partial charge in [-0.1, -0.05) is 29.2 Å². The maximum absolute atomic E-state index is 13.1. The van der Waals surface area contributed by atoms with Crippen LogP contribution in [0.25, 0.3) is 0 Å². The molecule has 13 heteroatoms. The molecule has 0 aliphatic heterocycles. The van der Waals surface area contributed by atoms with Gasteiger partial charge >= 0.3 is 35.5 Å². The maximum Gasteiger partial charge on any atom is 0.385 e. The van der Waals surface area contributed by atoms with Crippen LogP contribution in [0.1, 0.15) is 6.42 Å². The Morgan fingerprint density at radius 2 is 1.00 bits per heavy atom. The van der Waals surface area contributed by atoms with Crippen LogP contribution in [0.5, 0.6) is 0 Å². The standard InChI is InChI=1S/C10H7F12I/c1-2-5(11,12)7(15,16)9(19,20)10(21,22)8(17,18)6(13,14)3-4-23/h2H,1,3-4H2. The van der Waals surface area contributed by atoms with Gasteiger partial charge in [-0.15, -0.1) is 0 Å². The van der Waals surface area contributed by atoms with E-state index in [0.717, 1.165) is 22.6 Å². The van der Waals surface area contributed by atoms with E-state index in [1.54, 1.807) is 0 Å². The number of hydrogen-bond donors (Lipinski definition) is 0. The Balaban J connectivity index is 6.22. The Labute approximate surface area is 135 Å². The fourth-order valence-electron chi connectivity index (χ4n) is 1.24. The van der Waals surface area contributed by atoms with Gasteiger partial charge in [0.05, 0.1) is 0 Å². The van der Waals surface area contributed by atoms with Crippen LogP contribution in [0.4, 0.5) is 52.7 Å². The molecule has 0 radical (unpaired) electrons. The minimum atomic E-state index is -7.50. The highest BCUT2D eigenvalue weighted by Crippen LogP contribution is 2.60. The first-order valence-electron chi connectivity index (χ1n) is 5.34. The largest absolute Gasteiger partial charge is 0.385 e. The van der Waals surface area contributed by atoms with Crippen molar-refractivity contribution in [2.45, 2.75) is 42.0 Å². The van der Waals surface area contributed by atoms with E-state index in [9.17, 15) is 52.7 Å². The second-order valence-electron chi connectivity index (χ2n) is 4.27. The average Bonchev–Trinajstić information content (AvgIpc) is 2.37. The van der Waals surface area contributed by atoms with E-state index in [-0.39, 0.29) is 0 Å². The van der Waals surface area contributed by atoms with Crippen molar-refractivity contribution in [3.8, 4) is 0 Å². The number of hydrogen-bond acceptors (Lipinski definition) is 0. The molecule has 0 amide bonds. The normalized spacial score (nSPS) is 15.7. The molecule has 0 unspecified atom stereocenters. The van der Waals surface area contributed by atoms with E-state index in [2.05, 4.69) is 0 Å².